The Balaban J connectivity index is 2.17. The minimum atomic E-state index is -0.824. The van der Waals surface area contributed by atoms with Gasteiger partial charge in [-0.2, -0.15) is 0 Å². The Morgan fingerprint density at radius 2 is 1.90 bits per heavy atom. The van der Waals surface area contributed by atoms with Crippen LogP contribution >= 0.6 is 0 Å². The fourth-order valence-electron chi connectivity index (χ4n) is 2.00. The average Bonchev–Trinajstić information content (AvgIpc) is 3.29. The molecule has 0 spiro atoms. The van der Waals surface area contributed by atoms with Gasteiger partial charge in [-0.25, -0.2) is 9.97 Å². The number of rotatable bonds is 8. The van der Waals surface area contributed by atoms with E-state index in [1.807, 2.05) is 13.8 Å². The largest absolute Gasteiger partial charge is 0.370 e. The van der Waals surface area contributed by atoms with Gasteiger partial charge in [0.25, 0.3) is 0 Å². The number of nitrogens with zero attached hydrogens (tertiary/aromatic N) is 2. The van der Waals surface area contributed by atoms with E-state index in [0.717, 1.165) is 36.0 Å². The fourth-order valence-corrected chi connectivity index (χ4v) is 2.32. The molecule has 5 nitrogen and oxygen atoms in total. The molecular formula is C15H26N4OS. The molecule has 0 saturated heterocycles. The van der Waals surface area contributed by atoms with Crippen molar-refractivity contribution >= 4 is 22.4 Å². The van der Waals surface area contributed by atoms with Crippen molar-refractivity contribution in [2.24, 2.45) is 0 Å². The van der Waals surface area contributed by atoms with Crippen LogP contribution in [-0.2, 0) is 10.8 Å². The van der Waals surface area contributed by atoms with Gasteiger partial charge in [-0.15, -0.1) is 0 Å². The molecule has 2 rings (SSSR count). The molecule has 1 aromatic rings. The van der Waals surface area contributed by atoms with Crippen LogP contribution in [0.25, 0.3) is 0 Å². The molecule has 0 amide bonds. The van der Waals surface area contributed by atoms with Gasteiger partial charge in [-0.1, -0.05) is 6.92 Å². The second-order valence-electron chi connectivity index (χ2n) is 5.80. The summed E-state index contributed by atoms with van der Waals surface area (Å²) in [6.45, 7) is 7.74. The van der Waals surface area contributed by atoms with Gasteiger partial charge in [0.15, 0.2) is 0 Å². The topological polar surface area (TPSA) is 66.9 Å². The molecule has 118 valence electrons. The first kappa shape index (κ1) is 16.2. The number of hydrogen-bond acceptors (Lipinski definition) is 5. The third-order valence-corrected chi connectivity index (χ3v) is 5.07. The van der Waals surface area contributed by atoms with Crippen LogP contribution in [0.1, 0.15) is 50.4 Å². The summed E-state index contributed by atoms with van der Waals surface area (Å²) in [6, 6.07) is 0. The summed E-state index contributed by atoms with van der Waals surface area (Å²) in [5, 5.41) is 6.84. The molecule has 1 fully saturated rings. The molecule has 6 heteroatoms. The van der Waals surface area contributed by atoms with Crippen molar-refractivity contribution in [3.63, 3.8) is 0 Å². The Labute approximate surface area is 129 Å². The first-order valence-corrected chi connectivity index (χ1v) is 9.33. The van der Waals surface area contributed by atoms with Crippen molar-refractivity contribution in [2.45, 2.75) is 51.2 Å². The molecule has 1 aromatic heterocycles. The quantitative estimate of drug-likeness (QED) is 0.772. The highest BCUT2D eigenvalue weighted by molar-refractivity contribution is 7.84. The normalized spacial score (nSPS) is 17.3. The zero-order valence-corrected chi connectivity index (χ0v) is 14.2. The third kappa shape index (κ3) is 4.40. The van der Waals surface area contributed by atoms with Gasteiger partial charge in [0.1, 0.15) is 17.5 Å². The highest BCUT2D eigenvalue weighted by atomic mass is 32.2. The van der Waals surface area contributed by atoms with E-state index in [4.69, 9.17) is 0 Å². The van der Waals surface area contributed by atoms with Crippen molar-refractivity contribution in [1.29, 1.82) is 0 Å². The summed E-state index contributed by atoms with van der Waals surface area (Å²) in [7, 11) is -0.824. The second-order valence-corrected chi connectivity index (χ2v) is 7.60. The van der Waals surface area contributed by atoms with E-state index >= 15 is 0 Å². The Kier molecular flexibility index (Phi) is 5.56. The fraction of sp³-hybridized carbons (Fsp3) is 0.733. The summed E-state index contributed by atoms with van der Waals surface area (Å²) in [5.74, 6) is 3.27. The van der Waals surface area contributed by atoms with E-state index in [1.165, 1.54) is 12.8 Å². The molecule has 1 heterocycles. The Bertz CT molecular complexity index is 517. The Morgan fingerprint density at radius 1 is 1.29 bits per heavy atom. The molecule has 1 aliphatic carbocycles. The monoisotopic (exact) mass is 310 g/mol. The van der Waals surface area contributed by atoms with E-state index in [2.05, 4.69) is 27.5 Å². The standard InChI is InChI=1S/C15H26N4OS/c1-5-8-16-13-11(3)14(17-9-10(2)21(4)20)19-15(18-13)12-6-7-12/h10,12H,5-9H2,1-4H3,(H2,16,17,18,19). The van der Waals surface area contributed by atoms with E-state index < -0.39 is 10.8 Å². The molecule has 0 aliphatic heterocycles. The number of anilines is 2. The van der Waals surface area contributed by atoms with Crippen LogP contribution < -0.4 is 10.6 Å². The molecular weight excluding hydrogens is 284 g/mol. The lowest BCUT2D eigenvalue weighted by Crippen LogP contribution is -2.22. The molecule has 1 saturated carbocycles. The number of aromatic nitrogens is 2. The summed E-state index contributed by atoms with van der Waals surface area (Å²) < 4.78 is 11.5. The SMILES string of the molecule is CCCNc1nc(C2CC2)nc(NCC(C)S(C)=O)c1C. The number of nitrogens with one attached hydrogen (secondary N) is 2. The minimum absolute atomic E-state index is 0.107. The maximum atomic E-state index is 11.5. The lowest BCUT2D eigenvalue weighted by Gasteiger charge is -2.16. The van der Waals surface area contributed by atoms with Crippen LogP contribution in [0.15, 0.2) is 0 Å². The molecule has 0 aromatic carbocycles. The summed E-state index contributed by atoms with van der Waals surface area (Å²) in [4.78, 5) is 9.35. The molecule has 21 heavy (non-hydrogen) atoms. The summed E-state index contributed by atoms with van der Waals surface area (Å²) in [6.07, 6.45) is 5.18. The van der Waals surface area contributed by atoms with Crippen LogP contribution in [0.4, 0.5) is 11.6 Å². The van der Waals surface area contributed by atoms with Gasteiger partial charge in [0.05, 0.1) is 0 Å². The van der Waals surface area contributed by atoms with Crippen molar-refractivity contribution < 1.29 is 4.21 Å². The van der Waals surface area contributed by atoms with E-state index in [-0.39, 0.29) is 5.25 Å². The van der Waals surface area contributed by atoms with E-state index in [0.29, 0.717) is 12.5 Å². The average molecular weight is 310 g/mol. The Morgan fingerprint density at radius 3 is 2.43 bits per heavy atom. The van der Waals surface area contributed by atoms with Crippen LogP contribution in [0.2, 0.25) is 0 Å². The first-order chi connectivity index (χ1) is 10.0. The molecule has 0 bridgehead atoms. The van der Waals surface area contributed by atoms with Crippen molar-refractivity contribution in [1.82, 2.24) is 9.97 Å². The maximum absolute atomic E-state index is 11.5. The molecule has 1 aliphatic rings. The van der Waals surface area contributed by atoms with Crippen LogP contribution in [0.3, 0.4) is 0 Å². The van der Waals surface area contributed by atoms with E-state index in [1.54, 1.807) is 6.26 Å². The van der Waals surface area contributed by atoms with Gasteiger partial charge in [-0.05, 0) is 33.1 Å². The third-order valence-electron chi connectivity index (χ3n) is 3.77. The van der Waals surface area contributed by atoms with Crippen LogP contribution in [0, 0.1) is 6.92 Å². The minimum Gasteiger partial charge on any atom is -0.370 e. The Hall–Kier alpha value is -1.17. The lowest BCUT2D eigenvalue weighted by atomic mass is 10.2. The lowest BCUT2D eigenvalue weighted by molar-refractivity contribution is 0.678. The van der Waals surface area contributed by atoms with Crippen molar-refractivity contribution in [3.8, 4) is 0 Å². The van der Waals surface area contributed by atoms with Crippen LogP contribution in [-0.4, -0.2) is 38.8 Å². The molecule has 2 unspecified atom stereocenters. The smallest absolute Gasteiger partial charge is 0.136 e. The number of hydrogen-bond donors (Lipinski definition) is 2. The van der Waals surface area contributed by atoms with Gasteiger partial charge >= 0.3 is 0 Å². The molecule has 2 atom stereocenters. The molecule has 0 radical (unpaired) electrons. The van der Waals surface area contributed by atoms with Gasteiger partial charge in [0.2, 0.25) is 0 Å². The van der Waals surface area contributed by atoms with Gasteiger partial charge in [0, 0.05) is 46.9 Å². The first-order valence-electron chi connectivity index (χ1n) is 7.71. The summed E-state index contributed by atoms with van der Waals surface area (Å²) >= 11 is 0. The highest BCUT2D eigenvalue weighted by Crippen LogP contribution is 2.39. The predicted octanol–water partition coefficient (Wildman–Crippen LogP) is 2.66. The van der Waals surface area contributed by atoms with Crippen molar-refractivity contribution in [2.75, 3.05) is 30.0 Å². The molecule has 2 N–H and O–H groups in total. The van der Waals surface area contributed by atoms with Gasteiger partial charge < -0.3 is 10.6 Å². The van der Waals surface area contributed by atoms with Crippen LogP contribution in [0.5, 0.6) is 0 Å². The predicted molar refractivity (Wildman–Crippen MR) is 89.5 cm³/mol. The zero-order chi connectivity index (χ0) is 15.4. The maximum Gasteiger partial charge on any atom is 0.136 e. The van der Waals surface area contributed by atoms with Gasteiger partial charge in [-0.3, -0.25) is 4.21 Å². The van der Waals surface area contributed by atoms with E-state index in [9.17, 15) is 4.21 Å². The second kappa shape index (κ2) is 7.20. The summed E-state index contributed by atoms with van der Waals surface area (Å²) in [5.41, 5.74) is 1.04. The van der Waals surface area contributed by atoms with Crippen molar-refractivity contribution in [3.05, 3.63) is 11.4 Å². The zero-order valence-electron chi connectivity index (χ0n) is 13.4. The highest BCUT2D eigenvalue weighted by Gasteiger charge is 2.28.